The number of aromatic nitrogens is 2. The van der Waals surface area contributed by atoms with Gasteiger partial charge in [0.2, 0.25) is 5.78 Å². The second-order valence-electron chi connectivity index (χ2n) is 22.6. The minimum Gasteiger partial charge on any atom is -0.458 e. The van der Waals surface area contributed by atoms with E-state index in [0.717, 1.165) is 23.4 Å². The van der Waals surface area contributed by atoms with Crippen molar-refractivity contribution in [3.63, 3.8) is 0 Å². The van der Waals surface area contributed by atoms with Gasteiger partial charge in [-0.1, -0.05) is 76.1 Å². The van der Waals surface area contributed by atoms with Gasteiger partial charge in [-0.05, 0) is 130 Å². The molecule has 1 heterocycles. The molecule has 8 aliphatic carbocycles. The summed E-state index contributed by atoms with van der Waals surface area (Å²) in [5, 5.41) is 60.6. The second-order valence-corrected chi connectivity index (χ2v) is 22.6. The Hall–Kier alpha value is -4.40. The molecule has 2 aromatic rings. The highest BCUT2D eigenvalue weighted by Crippen LogP contribution is 2.71. The number of benzene rings is 1. The van der Waals surface area contributed by atoms with Gasteiger partial charge in [0.05, 0.1) is 29.8 Å². The highest BCUT2D eigenvalue weighted by atomic mass is 19.1. The van der Waals surface area contributed by atoms with Gasteiger partial charge in [0.15, 0.2) is 23.8 Å². The number of allylic oxidation sites excluding steroid dienone is 7. The first kappa shape index (κ1) is 47.7. The number of aliphatic hydroxyl groups excluding tert-OH is 3. The number of aliphatic hydroxyl groups is 5. The summed E-state index contributed by atoms with van der Waals surface area (Å²) in [6.07, 6.45) is 12.0. The third-order valence-corrected chi connectivity index (χ3v) is 19.5. The smallest absolute Gasteiger partial charge is 0.303 e. The lowest BCUT2D eigenvalue weighted by molar-refractivity contribution is -0.219. The van der Waals surface area contributed by atoms with E-state index < -0.39 is 87.9 Å². The van der Waals surface area contributed by atoms with E-state index >= 15 is 4.39 Å². The Morgan fingerprint density at radius 2 is 1.55 bits per heavy atom. The summed E-state index contributed by atoms with van der Waals surface area (Å²) in [7, 11) is 0. The van der Waals surface area contributed by atoms with E-state index in [1.54, 1.807) is 26.8 Å². The maximum absolute atomic E-state index is 16.9. The third-order valence-electron chi connectivity index (χ3n) is 19.5. The third kappa shape index (κ3) is 6.28. The molecule has 0 spiro atoms. The van der Waals surface area contributed by atoms with Crippen LogP contribution in [-0.4, -0.2) is 101 Å². The zero-order valence-corrected chi connectivity index (χ0v) is 40.0. The van der Waals surface area contributed by atoms with E-state index in [1.807, 2.05) is 42.9 Å². The van der Waals surface area contributed by atoms with Gasteiger partial charge in [-0.2, -0.15) is 5.10 Å². The number of ether oxygens (including phenoxy) is 1. The molecule has 67 heavy (non-hydrogen) atoms. The molecule has 0 bridgehead atoms. The van der Waals surface area contributed by atoms with Crippen molar-refractivity contribution < 1.29 is 53.8 Å². The van der Waals surface area contributed by atoms with E-state index in [9.17, 15) is 44.7 Å². The first-order valence-corrected chi connectivity index (χ1v) is 24.2. The van der Waals surface area contributed by atoms with Crippen LogP contribution in [0.3, 0.4) is 0 Å². The van der Waals surface area contributed by atoms with Crippen LogP contribution in [0.5, 0.6) is 0 Å². The number of halogens is 1. The minimum atomic E-state index is -1.98. The summed E-state index contributed by atoms with van der Waals surface area (Å²) >= 11 is 0. The van der Waals surface area contributed by atoms with Gasteiger partial charge < -0.3 is 30.3 Å². The molecule has 8 aliphatic rings. The van der Waals surface area contributed by atoms with E-state index in [-0.39, 0.29) is 47.2 Å². The van der Waals surface area contributed by atoms with Gasteiger partial charge in [0, 0.05) is 40.4 Å². The van der Waals surface area contributed by atoms with Crippen LogP contribution in [0.2, 0.25) is 0 Å². The summed E-state index contributed by atoms with van der Waals surface area (Å²) < 4.78 is 23.9. The number of hydrogen-bond donors (Lipinski definition) is 5. The predicted molar refractivity (Wildman–Crippen MR) is 247 cm³/mol. The van der Waals surface area contributed by atoms with Crippen molar-refractivity contribution >= 4 is 29.4 Å². The van der Waals surface area contributed by atoms with Crippen molar-refractivity contribution in [2.24, 2.45) is 63.1 Å². The van der Waals surface area contributed by atoms with Crippen molar-refractivity contribution in [1.29, 1.82) is 0 Å². The van der Waals surface area contributed by atoms with E-state index in [0.29, 0.717) is 37.7 Å². The molecule has 5 fully saturated rings. The molecule has 5 saturated carbocycles. The largest absolute Gasteiger partial charge is 0.458 e. The van der Waals surface area contributed by atoms with E-state index in [4.69, 9.17) is 9.84 Å². The van der Waals surface area contributed by atoms with Gasteiger partial charge in [0.1, 0.15) is 17.8 Å². The summed E-state index contributed by atoms with van der Waals surface area (Å²) in [5.41, 5.74) is -2.34. The molecule has 10 rings (SSSR count). The van der Waals surface area contributed by atoms with Crippen molar-refractivity contribution in [2.45, 2.75) is 129 Å². The average molecular weight is 923 g/mol. The van der Waals surface area contributed by atoms with Crippen LogP contribution in [0.25, 0.3) is 11.8 Å². The predicted octanol–water partition coefficient (Wildman–Crippen LogP) is 6.20. The maximum Gasteiger partial charge on any atom is 0.303 e. The van der Waals surface area contributed by atoms with Crippen molar-refractivity contribution in [1.82, 2.24) is 9.78 Å². The van der Waals surface area contributed by atoms with Crippen LogP contribution in [0, 0.1) is 63.1 Å². The molecule has 0 unspecified atom stereocenters. The molecule has 16 atom stereocenters. The lowest BCUT2D eigenvalue weighted by atomic mass is 9.44. The monoisotopic (exact) mass is 922 g/mol. The Morgan fingerprint density at radius 3 is 2.21 bits per heavy atom. The van der Waals surface area contributed by atoms with Gasteiger partial charge >= 0.3 is 5.97 Å². The summed E-state index contributed by atoms with van der Waals surface area (Å²) in [4.78, 5) is 49.2. The first-order chi connectivity index (χ1) is 31.4. The molecular formula is C54H67FN2O10. The Kier molecular flexibility index (Phi) is 11.2. The lowest BCUT2D eigenvalue weighted by Gasteiger charge is -2.62. The number of carbonyl (C=O) groups excluding carboxylic acids is 4. The maximum atomic E-state index is 16.9. The molecule has 13 heteroatoms. The highest BCUT2D eigenvalue weighted by molar-refractivity contribution is 6.01. The van der Waals surface area contributed by atoms with Crippen LogP contribution in [0.15, 0.2) is 77.6 Å². The second kappa shape index (κ2) is 15.8. The Morgan fingerprint density at radius 1 is 0.910 bits per heavy atom. The van der Waals surface area contributed by atoms with E-state index in [2.05, 4.69) is 38.1 Å². The number of Topliss-reactive ketones (excluding diaryl/α,β-unsaturated/α-hetero) is 2. The van der Waals surface area contributed by atoms with Gasteiger partial charge in [0.25, 0.3) is 0 Å². The number of rotatable bonds is 6. The summed E-state index contributed by atoms with van der Waals surface area (Å²) in [5.74, 6) is -3.50. The summed E-state index contributed by atoms with van der Waals surface area (Å²) in [6, 6.07) is 10.1. The Balaban J connectivity index is 0.000000177. The SMILES string of the molecule is CC(=O)OCC(=O)[C@@]1(O)[C@H](C)C[C@H]2[C@@H]3C=C(C)C4=Cc5c(cnn5-c5ccccc5)C[C@]4(C)[C@H]3[C@@H](O)C[C@@]21C.C[C@@H]1C[C@H]2[C@@H]3CCC4=CC(=O)C=C[C@]4(C)[C@@]3(F)[C@@H](O)C[C@]2(C)[C@@]1(O)C(=O)CO. The van der Waals surface area contributed by atoms with E-state index in [1.165, 1.54) is 30.2 Å². The molecule has 1 aromatic carbocycles. The molecule has 5 N–H and O–H groups in total. The molecule has 360 valence electrons. The number of nitrogens with zero attached hydrogens (tertiary/aromatic N) is 2. The van der Waals surface area contributed by atoms with Crippen molar-refractivity contribution in [3.05, 3.63) is 88.8 Å². The van der Waals surface area contributed by atoms with Crippen LogP contribution >= 0.6 is 0 Å². The zero-order valence-electron chi connectivity index (χ0n) is 40.0. The first-order valence-electron chi connectivity index (χ1n) is 24.2. The molecule has 1 aromatic heterocycles. The fraction of sp³-hybridized carbons (Fsp3) is 0.611. The number of fused-ring (bicyclic) bond motifs is 11. The lowest BCUT2D eigenvalue weighted by Crippen LogP contribution is -2.69. The van der Waals surface area contributed by atoms with Crippen molar-refractivity contribution in [3.8, 4) is 5.69 Å². The minimum absolute atomic E-state index is 0.00428. The van der Waals surface area contributed by atoms with Gasteiger partial charge in [-0.3, -0.25) is 19.2 Å². The molecule has 0 aliphatic heterocycles. The number of ketones is 3. The molecule has 12 nitrogen and oxygen atoms in total. The quantitative estimate of drug-likeness (QED) is 0.207. The van der Waals surface area contributed by atoms with Gasteiger partial charge in [-0.25, -0.2) is 9.07 Å². The molecule has 0 saturated heterocycles. The van der Waals surface area contributed by atoms with Crippen molar-refractivity contribution in [2.75, 3.05) is 13.2 Å². The molecule has 0 radical (unpaired) electrons. The van der Waals surface area contributed by atoms with Gasteiger partial charge in [-0.15, -0.1) is 0 Å². The Bertz CT molecular complexity index is 2550. The number of hydrogen-bond acceptors (Lipinski definition) is 11. The average Bonchev–Trinajstić information content (AvgIpc) is 3.85. The topological polar surface area (TPSA) is 196 Å². The van der Waals surface area contributed by atoms with Crippen LogP contribution in [-0.2, 0) is 30.3 Å². The standard InChI is InChI=1S/C32H38N2O5.C22H29FO5/c1-18-11-23-25-12-19(2)32(38,28(37)17-39-20(3)35)31(25,5)15-27(36)29(23)30(4)14-21-16-33-34(26(21)13-24(18)30)22-9-7-6-8-10-22;1-12-8-16-15-5-4-13-9-14(25)6-7-19(13,2)21(15,23)17(26)10-20(16,3)22(12,28)18(27)11-24/h6-11,13,16,19,23,25,27,29,36,38H,12,14-15,17H2,1-5H3;6-7,9,12,15-17,24,26,28H,4-5,8,10-11H2,1-3H3/t19-,23+,25+,27+,29-,30+,31+,32+;12-,15+,16+,17+,19+,20+,21+,22+/m11/s1. The fourth-order valence-corrected chi connectivity index (χ4v) is 16.3. The number of carbonyl (C=O) groups is 4. The molecular weight excluding hydrogens is 856 g/mol. The van der Waals surface area contributed by atoms with Crippen LogP contribution in [0.4, 0.5) is 4.39 Å². The zero-order chi connectivity index (χ0) is 48.6. The number of esters is 1. The number of alkyl halides is 1. The highest BCUT2D eigenvalue weighted by Gasteiger charge is 2.76. The summed E-state index contributed by atoms with van der Waals surface area (Å²) in [6.45, 7) is 13.6. The normalized spacial score (nSPS) is 44.4. The Labute approximate surface area is 392 Å². The van der Waals surface area contributed by atoms with Crippen LogP contribution < -0.4 is 0 Å². The number of para-hydroxylation sites is 1. The van der Waals surface area contributed by atoms with Crippen LogP contribution in [0.1, 0.15) is 105 Å². The molecule has 0 amide bonds. The fourth-order valence-electron chi connectivity index (χ4n) is 16.3.